The topological polar surface area (TPSA) is 37.3 Å². The summed E-state index contributed by atoms with van der Waals surface area (Å²) in [6, 6.07) is 0. The van der Waals surface area contributed by atoms with E-state index in [9.17, 15) is 4.79 Å². The van der Waals surface area contributed by atoms with Gasteiger partial charge < -0.3 is 5.11 Å². The van der Waals surface area contributed by atoms with E-state index in [4.69, 9.17) is 5.11 Å². The third kappa shape index (κ3) is 2.31. The van der Waals surface area contributed by atoms with Crippen LogP contribution in [0.3, 0.4) is 0 Å². The number of rotatable bonds is 2. The molecule has 0 unspecified atom stereocenters. The molecule has 70 valence electrons. The Morgan fingerprint density at radius 2 is 1.92 bits per heavy atom. The average Bonchev–Trinajstić information content (AvgIpc) is 1.82. The molecule has 1 rings (SSSR count). The van der Waals surface area contributed by atoms with Crippen molar-refractivity contribution in [2.45, 2.75) is 46.1 Å². The molecule has 0 aliphatic heterocycles. The summed E-state index contributed by atoms with van der Waals surface area (Å²) in [6.45, 7) is 5.85. The van der Waals surface area contributed by atoms with Crippen molar-refractivity contribution in [1.82, 2.24) is 0 Å². The third-order valence-corrected chi connectivity index (χ3v) is 2.52. The van der Waals surface area contributed by atoms with Crippen LogP contribution in [0.4, 0.5) is 0 Å². The highest BCUT2D eigenvalue weighted by Crippen LogP contribution is 2.32. The average molecular weight is 170 g/mol. The second-order valence-electron chi connectivity index (χ2n) is 4.87. The normalized spacial score (nSPS) is 29.7. The van der Waals surface area contributed by atoms with E-state index < -0.39 is 0 Å². The zero-order valence-electron chi connectivity index (χ0n) is 8.13. The molecule has 1 fully saturated rings. The van der Waals surface area contributed by atoms with Gasteiger partial charge in [-0.2, -0.15) is 0 Å². The van der Waals surface area contributed by atoms with E-state index in [1.165, 1.54) is 0 Å². The molecule has 0 spiro atoms. The molecule has 0 bridgehead atoms. The van der Waals surface area contributed by atoms with Gasteiger partial charge in [0.1, 0.15) is 5.78 Å². The summed E-state index contributed by atoms with van der Waals surface area (Å²) in [4.78, 5) is 11.5. The smallest absolute Gasteiger partial charge is 0.138 e. The van der Waals surface area contributed by atoms with Crippen molar-refractivity contribution in [3.63, 3.8) is 0 Å². The Balaban J connectivity index is 2.28. The first-order chi connectivity index (χ1) is 5.39. The molecule has 1 saturated carbocycles. The van der Waals surface area contributed by atoms with Crippen LogP contribution in [0.5, 0.6) is 0 Å². The van der Waals surface area contributed by atoms with Crippen molar-refractivity contribution in [3.05, 3.63) is 0 Å². The largest absolute Gasteiger partial charge is 0.393 e. The lowest BCUT2D eigenvalue weighted by molar-refractivity contribution is -0.128. The molecule has 1 aliphatic carbocycles. The van der Waals surface area contributed by atoms with E-state index >= 15 is 0 Å². The maximum atomic E-state index is 11.5. The van der Waals surface area contributed by atoms with Gasteiger partial charge in [-0.05, 0) is 18.8 Å². The number of Topliss-reactive ketones (excluding diaryl/α,β-unsaturated/α-hetero) is 1. The SMILES string of the molecule is CC(C)(C)C(=O)CC1CC(O)C1. The van der Waals surface area contributed by atoms with Gasteiger partial charge in [0.15, 0.2) is 0 Å². The van der Waals surface area contributed by atoms with Crippen LogP contribution in [0.25, 0.3) is 0 Å². The van der Waals surface area contributed by atoms with Crippen LogP contribution in [0.15, 0.2) is 0 Å². The van der Waals surface area contributed by atoms with Crippen LogP contribution in [0.2, 0.25) is 0 Å². The second kappa shape index (κ2) is 3.17. The molecule has 0 saturated heterocycles. The molecule has 12 heavy (non-hydrogen) atoms. The highest BCUT2D eigenvalue weighted by molar-refractivity contribution is 5.83. The number of hydrogen-bond donors (Lipinski definition) is 1. The fourth-order valence-electron chi connectivity index (χ4n) is 1.44. The predicted octanol–water partition coefficient (Wildman–Crippen LogP) is 1.76. The summed E-state index contributed by atoms with van der Waals surface area (Å²) in [7, 11) is 0. The zero-order chi connectivity index (χ0) is 9.35. The van der Waals surface area contributed by atoms with Crippen molar-refractivity contribution in [3.8, 4) is 0 Å². The quantitative estimate of drug-likeness (QED) is 0.685. The minimum atomic E-state index is -0.208. The van der Waals surface area contributed by atoms with Crippen molar-refractivity contribution in [1.29, 1.82) is 0 Å². The fourth-order valence-corrected chi connectivity index (χ4v) is 1.44. The Morgan fingerprint density at radius 1 is 1.42 bits per heavy atom. The maximum Gasteiger partial charge on any atom is 0.138 e. The van der Waals surface area contributed by atoms with Crippen LogP contribution in [0.1, 0.15) is 40.0 Å². The van der Waals surface area contributed by atoms with Crippen molar-refractivity contribution in [2.75, 3.05) is 0 Å². The zero-order valence-corrected chi connectivity index (χ0v) is 8.13. The van der Waals surface area contributed by atoms with Crippen LogP contribution in [0, 0.1) is 11.3 Å². The highest BCUT2D eigenvalue weighted by atomic mass is 16.3. The first kappa shape index (κ1) is 9.72. The van der Waals surface area contributed by atoms with Crippen LogP contribution >= 0.6 is 0 Å². The molecule has 0 aromatic carbocycles. The maximum absolute atomic E-state index is 11.5. The molecule has 0 amide bonds. The van der Waals surface area contributed by atoms with Gasteiger partial charge in [-0.25, -0.2) is 0 Å². The minimum Gasteiger partial charge on any atom is -0.393 e. The Morgan fingerprint density at radius 3 is 2.25 bits per heavy atom. The van der Waals surface area contributed by atoms with Gasteiger partial charge in [0.2, 0.25) is 0 Å². The minimum absolute atomic E-state index is 0.136. The van der Waals surface area contributed by atoms with Crippen LogP contribution in [-0.4, -0.2) is 17.0 Å². The van der Waals surface area contributed by atoms with E-state index in [1.54, 1.807) is 0 Å². The lowest BCUT2D eigenvalue weighted by Gasteiger charge is -2.32. The van der Waals surface area contributed by atoms with Gasteiger partial charge in [0, 0.05) is 11.8 Å². The summed E-state index contributed by atoms with van der Waals surface area (Å²) >= 11 is 0. The van der Waals surface area contributed by atoms with Gasteiger partial charge in [0.05, 0.1) is 6.10 Å². The molecule has 0 atom stereocenters. The fraction of sp³-hybridized carbons (Fsp3) is 0.900. The van der Waals surface area contributed by atoms with E-state index in [-0.39, 0.29) is 11.5 Å². The molecule has 0 radical (unpaired) electrons. The van der Waals surface area contributed by atoms with E-state index in [0.29, 0.717) is 18.1 Å². The number of aliphatic hydroxyl groups excluding tert-OH is 1. The van der Waals surface area contributed by atoms with Gasteiger partial charge >= 0.3 is 0 Å². The number of carbonyl (C=O) groups is 1. The van der Waals surface area contributed by atoms with Gasteiger partial charge in [-0.3, -0.25) is 4.79 Å². The number of hydrogen-bond acceptors (Lipinski definition) is 2. The van der Waals surface area contributed by atoms with Crippen LogP contribution in [-0.2, 0) is 4.79 Å². The van der Waals surface area contributed by atoms with Crippen molar-refractivity contribution >= 4 is 5.78 Å². The predicted molar refractivity (Wildman–Crippen MR) is 47.8 cm³/mol. The Labute approximate surface area is 74.0 Å². The highest BCUT2D eigenvalue weighted by Gasteiger charge is 2.32. The molecule has 0 heterocycles. The Bertz CT molecular complexity index is 173. The van der Waals surface area contributed by atoms with Crippen LogP contribution < -0.4 is 0 Å². The molecule has 2 heteroatoms. The number of ketones is 1. The molecular weight excluding hydrogens is 152 g/mol. The molecule has 1 aliphatic rings. The van der Waals surface area contributed by atoms with Crippen molar-refractivity contribution in [2.24, 2.45) is 11.3 Å². The van der Waals surface area contributed by atoms with Gasteiger partial charge in [0.25, 0.3) is 0 Å². The number of carbonyl (C=O) groups excluding carboxylic acids is 1. The molecule has 1 N–H and O–H groups in total. The summed E-state index contributed by atoms with van der Waals surface area (Å²) in [6.07, 6.45) is 2.16. The van der Waals surface area contributed by atoms with Gasteiger partial charge in [-0.15, -0.1) is 0 Å². The molecule has 0 aromatic heterocycles. The molecule has 0 aromatic rings. The summed E-state index contributed by atoms with van der Waals surface area (Å²) < 4.78 is 0. The summed E-state index contributed by atoms with van der Waals surface area (Å²) in [5.41, 5.74) is -0.208. The monoisotopic (exact) mass is 170 g/mol. The lowest BCUT2D eigenvalue weighted by atomic mass is 9.75. The number of aliphatic hydroxyl groups is 1. The first-order valence-electron chi connectivity index (χ1n) is 4.61. The van der Waals surface area contributed by atoms with E-state index in [2.05, 4.69) is 0 Å². The van der Waals surface area contributed by atoms with E-state index in [0.717, 1.165) is 12.8 Å². The second-order valence-corrected chi connectivity index (χ2v) is 4.87. The third-order valence-electron chi connectivity index (χ3n) is 2.52. The van der Waals surface area contributed by atoms with Gasteiger partial charge in [-0.1, -0.05) is 20.8 Å². The lowest BCUT2D eigenvalue weighted by Crippen LogP contribution is -2.33. The van der Waals surface area contributed by atoms with Crippen molar-refractivity contribution < 1.29 is 9.90 Å². The first-order valence-corrected chi connectivity index (χ1v) is 4.61. The molecular formula is C10H18O2. The Hall–Kier alpha value is -0.370. The molecule has 2 nitrogen and oxygen atoms in total. The van der Waals surface area contributed by atoms with E-state index in [1.807, 2.05) is 20.8 Å². The summed E-state index contributed by atoms with van der Waals surface area (Å²) in [5.74, 6) is 0.770. The Kier molecular flexibility index (Phi) is 2.57. The summed E-state index contributed by atoms with van der Waals surface area (Å²) in [5, 5.41) is 9.02. The standard InChI is InChI=1S/C10H18O2/c1-10(2,3)9(12)6-7-4-8(11)5-7/h7-8,11H,4-6H2,1-3H3.